The van der Waals surface area contributed by atoms with E-state index in [1.54, 1.807) is 6.20 Å². The molecule has 1 atom stereocenters. The first-order valence-electron chi connectivity index (χ1n) is 7.55. The zero-order valence-corrected chi connectivity index (χ0v) is 12.4. The molecule has 1 aliphatic rings. The number of rotatable bonds is 4. The Hall–Kier alpha value is -2.56. The van der Waals surface area contributed by atoms with Crippen molar-refractivity contribution in [3.05, 3.63) is 60.4 Å². The number of aromatic nitrogens is 1. The second-order valence-corrected chi connectivity index (χ2v) is 5.42. The minimum absolute atomic E-state index is 0.0250. The highest BCUT2D eigenvalue weighted by Gasteiger charge is 2.25. The van der Waals surface area contributed by atoms with Crippen LogP contribution in [0, 0.1) is 0 Å². The average molecular weight is 296 g/mol. The molecule has 1 aliphatic heterocycles. The SMILES string of the molecule is O=C(NCc1ccccn1)N1CCC(Nc2ccccc2)C1. The second-order valence-electron chi connectivity index (χ2n) is 5.42. The van der Waals surface area contributed by atoms with E-state index in [0.29, 0.717) is 12.6 Å². The van der Waals surface area contributed by atoms with Crippen molar-refractivity contribution in [1.29, 1.82) is 0 Å². The predicted molar refractivity (Wildman–Crippen MR) is 86.5 cm³/mol. The molecule has 0 saturated carbocycles. The summed E-state index contributed by atoms with van der Waals surface area (Å²) in [7, 11) is 0. The number of hydrogen-bond acceptors (Lipinski definition) is 3. The number of nitrogens with one attached hydrogen (secondary N) is 2. The first-order valence-corrected chi connectivity index (χ1v) is 7.55. The van der Waals surface area contributed by atoms with Crippen LogP contribution in [0.1, 0.15) is 12.1 Å². The maximum atomic E-state index is 12.2. The Labute approximate surface area is 130 Å². The summed E-state index contributed by atoms with van der Waals surface area (Å²) in [5.74, 6) is 0. The van der Waals surface area contributed by atoms with Gasteiger partial charge in [-0.05, 0) is 30.7 Å². The van der Waals surface area contributed by atoms with E-state index in [4.69, 9.17) is 0 Å². The van der Waals surface area contributed by atoms with Gasteiger partial charge in [-0.3, -0.25) is 4.98 Å². The van der Waals surface area contributed by atoms with Crippen LogP contribution in [0.4, 0.5) is 10.5 Å². The van der Waals surface area contributed by atoms with Crippen molar-refractivity contribution in [3.63, 3.8) is 0 Å². The van der Waals surface area contributed by atoms with E-state index in [2.05, 4.69) is 15.6 Å². The first-order chi connectivity index (χ1) is 10.8. The molecule has 5 heteroatoms. The molecule has 114 valence electrons. The second kappa shape index (κ2) is 6.93. The molecule has 3 rings (SSSR count). The summed E-state index contributed by atoms with van der Waals surface area (Å²) in [6, 6.07) is 16.1. The molecule has 5 nitrogen and oxygen atoms in total. The minimum atomic E-state index is -0.0250. The highest BCUT2D eigenvalue weighted by Crippen LogP contribution is 2.15. The van der Waals surface area contributed by atoms with Gasteiger partial charge in [0.25, 0.3) is 0 Å². The number of para-hydroxylation sites is 1. The van der Waals surface area contributed by atoms with Gasteiger partial charge in [0.1, 0.15) is 0 Å². The van der Waals surface area contributed by atoms with E-state index in [1.807, 2.05) is 53.4 Å². The van der Waals surface area contributed by atoms with Crippen LogP contribution in [-0.4, -0.2) is 35.0 Å². The number of carbonyl (C=O) groups is 1. The van der Waals surface area contributed by atoms with Crippen molar-refractivity contribution < 1.29 is 4.79 Å². The molecule has 1 saturated heterocycles. The lowest BCUT2D eigenvalue weighted by Crippen LogP contribution is -2.39. The summed E-state index contributed by atoms with van der Waals surface area (Å²) in [5, 5.41) is 6.39. The fourth-order valence-corrected chi connectivity index (χ4v) is 2.61. The maximum Gasteiger partial charge on any atom is 0.317 e. The van der Waals surface area contributed by atoms with E-state index < -0.39 is 0 Å². The fraction of sp³-hybridized carbons (Fsp3) is 0.294. The van der Waals surface area contributed by atoms with Gasteiger partial charge in [-0.1, -0.05) is 24.3 Å². The van der Waals surface area contributed by atoms with Gasteiger partial charge in [0.05, 0.1) is 12.2 Å². The Kier molecular flexibility index (Phi) is 4.53. The first kappa shape index (κ1) is 14.4. The van der Waals surface area contributed by atoms with Crippen molar-refractivity contribution in [3.8, 4) is 0 Å². The number of carbonyl (C=O) groups excluding carboxylic acids is 1. The molecule has 2 amide bonds. The number of benzene rings is 1. The molecule has 2 heterocycles. The Morgan fingerprint density at radius 1 is 1.18 bits per heavy atom. The fourth-order valence-electron chi connectivity index (χ4n) is 2.61. The van der Waals surface area contributed by atoms with Crippen LogP contribution in [0.2, 0.25) is 0 Å². The van der Waals surface area contributed by atoms with Gasteiger partial charge in [0, 0.05) is 31.0 Å². The molecule has 2 N–H and O–H groups in total. The zero-order chi connectivity index (χ0) is 15.2. The van der Waals surface area contributed by atoms with E-state index >= 15 is 0 Å². The van der Waals surface area contributed by atoms with Crippen LogP contribution >= 0.6 is 0 Å². The van der Waals surface area contributed by atoms with E-state index in [-0.39, 0.29) is 6.03 Å². The summed E-state index contributed by atoms with van der Waals surface area (Å²) in [6.45, 7) is 1.97. The number of urea groups is 1. The number of nitrogens with zero attached hydrogens (tertiary/aromatic N) is 2. The molecule has 22 heavy (non-hydrogen) atoms. The van der Waals surface area contributed by atoms with Crippen LogP contribution in [0.5, 0.6) is 0 Å². The van der Waals surface area contributed by atoms with Gasteiger partial charge in [-0.25, -0.2) is 4.79 Å². The Bertz CT molecular complexity index is 603. The molecule has 0 bridgehead atoms. The molecular weight excluding hydrogens is 276 g/mol. The molecule has 0 aliphatic carbocycles. The number of pyridine rings is 1. The summed E-state index contributed by atoms with van der Waals surface area (Å²) in [5.41, 5.74) is 1.97. The van der Waals surface area contributed by atoms with Gasteiger partial charge in [0.2, 0.25) is 0 Å². The molecule has 0 spiro atoms. The maximum absolute atomic E-state index is 12.2. The lowest BCUT2D eigenvalue weighted by molar-refractivity contribution is 0.208. The highest BCUT2D eigenvalue weighted by atomic mass is 16.2. The number of amides is 2. The minimum Gasteiger partial charge on any atom is -0.380 e. The average Bonchev–Trinajstić information content (AvgIpc) is 3.03. The molecular formula is C17H20N4O. The molecule has 2 aromatic rings. The van der Waals surface area contributed by atoms with E-state index in [9.17, 15) is 4.79 Å². The van der Waals surface area contributed by atoms with Crippen molar-refractivity contribution in [2.45, 2.75) is 19.0 Å². The predicted octanol–water partition coefficient (Wildman–Crippen LogP) is 2.48. The smallest absolute Gasteiger partial charge is 0.317 e. The molecule has 1 unspecified atom stereocenters. The third-order valence-corrected chi connectivity index (χ3v) is 3.77. The number of hydrogen-bond donors (Lipinski definition) is 2. The van der Waals surface area contributed by atoms with Crippen molar-refractivity contribution in [1.82, 2.24) is 15.2 Å². The summed E-state index contributed by atoms with van der Waals surface area (Å²) in [6.07, 6.45) is 2.70. The topological polar surface area (TPSA) is 57.3 Å². The highest BCUT2D eigenvalue weighted by molar-refractivity contribution is 5.74. The van der Waals surface area contributed by atoms with Gasteiger partial charge >= 0.3 is 6.03 Å². The standard InChI is InChI=1S/C17H20N4O/c22-17(19-12-15-8-4-5-10-18-15)21-11-9-16(13-21)20-14-6-2-1-3-7-14/h1-8,10,16,20H,9,11-13H2,(H,19,22). The Morgan fingerprint density at radius 2 is 2.00 bits per heavy atom. The third kappa shape index (κ3) is 3.75. The molecule has 0 radical (unpaired) electrons. The van der Waals surface area contributed by atoms with Crippen molar-refractivity contribution in [2.75, 3.05) is 18.4 Å². The summed E-state index contributed by atoms with van der Waals surface area (Å²) in [4.78, 5) is 18.2. The normalized spacial score (nSPS) is 17.3. The Balaban J connectivity index is 1.46. The summed E-state index contributed by atoms with van der Waals surface area (Å²) < 4.78 is 0. The monoisotopic (exact) mass is 296 g/mol. The molecule has 1 aromatic heterocycles. The van der Waals surface area contributed by atoms with Crippen LogP contribution < -0.4 is 10.6 Å². The summed E-state index contributed by atoms with van der Waals surface area (Å²) >= 11 is 0. The van der Waals surface area contributed by atoms with Gasteiger partial charge in [-0.2, -0.15) is 0 Å². The van der Waals surface area contributed by atoms with Crippen LogP contribution in [0.3, 0.4) is 0 Å². The largest absolute Gasteiger partial charge is 0.380 e. The molecule has 1 aromatic carbocycles. The lowest BCUT2D eigenvalue weighted by atomic mass is 10.2. The zero-order valence-electron chi connectivity index (χ0n) is 12.4. The van der Waals surface area contributed by atoms with Crippen molar-refractivity contribution in [2.24, 2.45) is 0 Å². The quantitative estimate of drug-likeness (QED) is 0.911. The van der Waals surface area contributed by atoms with Crippen molar-refractivity contribution >= 4 is 11.7 Å². The third-order valence-electron chi connectivity index (χ3n) is 3.77. The number of likely N-dealkylation sites (tertiary alicyclic amines) is 1. The Morgan fingerprint density at radius 3 is 2.77 bits per heavy atom. The lowest BCUT2D eigenvalue weighted by Gasteiger charge is -2.18. The molecule has 1 fully saturated rings. The van der Waals surface area contributed by atoms with Gasteiger partial charge in [-0.15, -0.1) is 0 Å². The van der Waals surface area contributed by atoms with E-state index in [0.717, 1.165) is 30.9 Å². The van der Waals surface area contributed by atoms with Crippen LogP contribution in [0.15, 0.2) is 54.7 Å². The van der Waals surface area contributed by atoms with E-state index in [1.165, 1.54) is 0 Å². The van der Waals surface area contributed by atoms with Gasteiger partial charge < -0.3 is 15.5 Å². The van der Waals surface area contributed by atoms with Gasteiger partial charge in [0.15, 0.2) is 0 Å². The van der Waals surface area contributed by atoms with Crippen LogP contribution in [-0.2, 0) is 6.54 Å². The number of anilines is 1. The van der Waals surface area contributed by atoms with Crippen LogP contribution in [0.25, 0.3) is 0 Å².